The summed E-state index contributed by atoms with van der Waals surface area (Å²) in [6, 6.07) is 13.8. The predicted molar refractivity (Wildman–Crippen MR) is 74.1 cm³/mol. The Hall–Kier alpha value is -0.500. The Kier molecular flexibility index (Phi) is 3.91. The Balaban J connectivity index is 2.55. The van der Waals surface area contributed by atoms with E-state index in [1.165, 1.54) is 0 Å². The molecule has 0 aliphatic heterocycles. The van der Waals surface area contributed by atoms with Gasteiger partial charge in [0.1, 0.15) is 0 Å². The van der Waals surface area contributed by atoms with Crippen molar-refractivity contribution in [3.05, 3.63) is 57.5 Å². The van der Waals surface area contributed by atoms with E-state index < -0.39 is 0 Å². The maximum absolute atomic E-state index is 5.96. The standard InChI is InChI=1S/C13H9BrCl2/c14-13-3-1-2-11(12(13)8-15)9-4-6-10(16)7-5-9/h1-7H,8H2. The first-order valence-electron chi connectivity index (χ1n) is 4.81. The van der Waals surface area contributed by atoms with Gasteiger partial charge in [-0.05, 0) is 34.9 Å². The number of hydrogen-bond donors (Lipinski definition) is 0. The largest absolute Gasteiger partial charge is 0.121 e. The molecule has 0 aromatic heterocycles. The van der Waals surface area contributed by atoms with E-state index in [1.807, 2.05) is 36.4 Å². The summed E-state index contributed by atoms with van der Waals surface area (Å²) in [5.74, 6) is 0.485. The van der Waals surface area contributed by atoms with Crippen LogP contribution in [0.3, 0.4) is 0 Å². The summed E-state index contributed by atoms with van der Waals surface area (Å²) in [5.41, 5.74) is 3.37. The van der Waals surface area contributed by atoms with E-state index in [0.29, 0.717) is 5.88 Å². The zero-order valence-corrected chi connectivity index (χ0v) is 11.5. The maximum atomic E-state index is 5.96. The summed E-state index contributed by atoms with van der Waals surface area (Å²) in [7, 11) is 0. The summed E-state index contributed by atoms with van der Waals surface area (Å²) in [6.45, 7) is 0. The van der Waals surface area contributed by atoms with E-state index >= 15 is 0 Å². The first-order valence-corrected chi connectivity index (χ1v) is 6.52. The molecule has 2 rings (SSSR count). The van der Waals surface area contributed by atoms with Crippen LogP contribution < -0.4 is 0 Å². The average molecular weight is 316 g/mol. The number of benzene rings is 2. The van der Waals surface area contributed by atoms with E-state index in [9.17, 15) is 0 Å². The van der Waals surface area contributed by atoms with Gasteiger partial charge in [0.15, 0.2) is 0 Å². The zero-order chi connectivity index (χ0) is 11.5. The molecule has 82 valence electrons. The zero-order valence-electron chi connectivity index (χ0n) is 8.38. The van der Waals surface area contributed by atoms with Crippen LogP contribution in [0.25, 0.3) is 11.1 Å². The van der Waals surface area contributed by atoms with E-state index in [-0.39, 0.29) is 0 Å². The highest BCUT2D eigenvalue weighted by Crippen LogP contribution is 2.31. The van der Waals surface area contributed by atoms with Gasteiger partial charge in [-0.3, -0.25) is 0 Å². The van der Waals surface area contributed by atoms with Gasteiger partial charge in [0, 0.05) is 15.4 Å². The monoisotopic (exact) mass is 314 g/mol. The van der Waals surface area contributed by atoms with Crippen molar-refractivity contribution in [3.63, 3.8) is 0 Å². The molecule has 0 bridgehead atoms. The summed E-state index contributed by atoms with van der Waals surface area (Å²) >= 11 is 15.3. The molecule has 0 aliphatic rings. The van der Waals surface area contributed by atoms with Gasteiger partial charge in [0.05, 0.1) is 0 Å². The molecule has 0 saturated carbocycles. The van der Waals surface area contributed by atoms with E-state index in [0.717, 1.165) is 26.2 Å². The minimum absolute atomic E-state index is 0.485. The van der Waals surface area contributed by atoms with Gasteiger partial charge in [-0.2, -0.15) is 0 Å². The molecule has 16 heavy (non-hydrogen) atoms. The first kappa shape index (κ1) is 12.0. The van der Waals surface area contributed by atoms with Crippen molar-refractivity contribution >= 4 is 39.1 Å². The summed E-state index contributed by atoms with van der Waals surface area (Å²) in [4.78, 5) is 0. The molecule has 0 unspecified atom stereocenters. The van der Waals surface area contributed by atoms with Crippen molar-refractivity contribution in [3.8, 4) is 11.1 Å². The fourth-order valence-corrected chi connectivity index (χ4v) is 2.68. The van der Waals surface area contributed by atoms with Gasteiger partial charge in [-0.1, -0.05) is 51.8 Å². The SMILES string of the molecule is ClCc1c(Br)cccc1-c1ccc(Cl)cc1. The molecule has 0 spiro atoms. The molecule has 3 heteroatoms. The van der Waals surface area contributed by atoms with Crippen molar-refractivity contribution in [1.82, 2.24) is 0 Å². The van der Waals surface area contributed by atoms with Crippen molar-refractivity contribution in [2.45, 2.75) is 5.88 Å². The third kappa shape index (κ3) is 2.42. The predicted octanol–water partition coefficient (Wildman–Crippen LogP) is 5.51. The Morgan fingerprint density at radius 3 is 2.31 bits per heavy atom. The minimum atomic E-state index is 0.485. The lowest BCUT2D eigenvalue weighted by Gasteiger charge is -2.09. The highest BCUT2D eigenvalue weighted by atomic mass is 79.9. The summed E-state index contributed by atoms with van der Waals surface area (Å²) in [6.07, 6.45) is 0. The number of halogens is 3. The molecule has 0 atom stereocenters. The van der Waals surface area contributed by atoms with Gasteiger partial charge >= 0.3 is 0 Å². The number of alkyl halides is 1. The summed E-state index contributed by atoms with van der Waals surface area (Å²) in [5, 5.41) is 0.742. The molecule has 0 amide bonds. The van der Waals surface area contributed by atoms with E-state index in [1.54, 1.807) is 0 Å². The number of rotatable bonds is 2. The van der Waals surface area contributed by atoms with E-state index in [4.69, 9.17) is 23.2 Å². The molecular weight excluding hydrogens is 307 g/mol. The van der Waals surface area contributed by atoms with Gasteiger partial charge in [-0.15, -0.1) is 11.6 Å². The van der Waals surface area contributed by atoms with Crippen molar-refractivity contribution in [2.75, 3.05) is 0 Å². The van der Waals surface area contributed by atoms with Crippen LogP contribution in [0.15, 0.2) is 46.9 Å². The normalized spacial score (nSPS) is 10.4. The molecule has 2 aromatic rings. The van der Waals surface area contributed by atoms with Gasteiger partial charge in [0.25, 0.3) is 0 Å². The van der Waals surface area contributed by atoms with Crippen LogP contribution >= 0.6 is 39.1 Å². The summed E-state index contributed by atoms with van der Waals surface area (Å²) < 4.78 is 1.04. The van der Waals surface area contributed by atoms with Gasteiger partial charge < -0.3 is 0 Å². The average Bonchev–Trinajstić information content (AvgIpc) is 2.30. The van der Waals surface area contributed by atoms with Crippen molar-refractivity contribution < 1.29 is 0 Å². The molecule has 0 fully saturated rings. The first-order chi connectivity index (χ1) is 7.72. The van der Waals surface area contributed by atoms with Crippen LogP contribution in [0.2, 0.25) is 5.02 Å². The topological polar surface area (TPSA) is 0 Å². The lowest BCUT2D eigenvalue weighted by atomic mass is 10.0. The molecule has 0 heterocycles. The molecule has 0 saturated heterocycles. The van der Waals surface area contributed by atoms with Crippen LogP contribution in [-0.2, 0) is 5.88 Å². The minimum Gasteiger partial charge on any atom is -0.121 e. The second kappa shape index (κ2) is 5.22. The lowest BCUT2D eigenvalue weighted by molar-refractivity contribution is 1.37. The smallest absolute Gasteiger partial charge is 0.0491 e. The second-order valence-electron chi connectivity index (χ2n) is 3.41. The maximum Gasteiger partial charge on any atom is 0.0491 e. The van der Waals surface area contributed by atoms with Crippen LogP contribution in [0.1, 0.15) is 5.56 Å². The highest BCUT2D eigenvalue weighted by molar-refractivity contribution is 9.10. The number of hydrogen-bond acceptors (Lipinski definition) is 0. The Bertz CT molecular complexity index is 492. The molecule has 2 aromatic carbocycles. The van der Waals surface area contributed by atoms with Crippen molar-refractivity contribution in [2.24, 2.45) is 0 Å². The molecule has 0 nitrogen and oxygen atoms in total. The van der Waals surface area contributed by atoms with E-state index in [2.05, 4.69) is 22.0 Å². The molecular formula is C13H9BrCl2. The Labute approximate surface area is 113 Å². The van der Waals surface area contributed by atoms with Crippen molar-refractivity contribution in [1.29, 1.82) is 0 Å². The van der Waals surface area contributed by atoms with Crippen LogP contribution in [0.4, 0.5) is 0 Å². The van der Waals surface area contributed by atoms with Crippen LogP contribution in [0, 0.1) is 0 Å². The van der Waals surface area contributed by atoms with Gasteiger partial charge in [-0.25, -0.2) is 0 Å². The van der Waals surface area contributed by atoms with Crippen LogP contribution in [0.5, 0.6) is 0 Å². The third-order valence-electron chi connectivity index (χ3n) is 2.41. The fraction of sp³-hybridized carbons (Fsp3) is 0.0769. The second-order valence-corrected chi connectivity index (χ2v) is 4.96. The molecule has 0 N–H and O–H groups in total. The Morgan fingerprint density at radius 2 is 1.69 bits per heavy atom. The fourth-order valence-electron chi connectivity index (χ4n) is 1.59. The Morgan fingerprint density at radius 1 is 1.00 bits per heavy atom. The molecule has 0 radical (unpaired) electrons. The quantitative estimate of drug-likeness (QED) is 0.641. The van der Waals surface area contributed by atoms with Gasteiger partial charge in [0.2, 0.25) is 0 Å². The van der Waals surface area contributed by atoms with Crippen LogP contribution in [-0.4, -0.2) is 0 Å². The molecule has 0 aliphatic carbocycles. The lowest BCUT2D eigenvalue weighted by Crippen LogP contribution is -1.87. The third-order valence-corrected chi connectivity index (χ3v) is 3.67. The highest BCUT2D eigenvalue weighted by Gasteiger charge is 2.07.